The Morgan fingerprint density at radius 3 is 0.889 bits per heavy atom. The van der Waals surface area contributed by atoms with Gasteiger partial charge >= 0.3 is 0 Å². The molecular formula is C39H50O2P2S2. The molecule has 0 radical (unpaired) electrons. The largest absolute Gasteiger partial charge is 0.381 e. The van der Waals surface area contributed by atoms with Crippen LogP contribution in [0.25, 0.3) is 0 Å². The molecule has 4 aromatic carbocycles. The summed E-state index contributed by atoms with van der Waals surface area (Å²) in [7, 11) is 0. The molecule has 2 nitrogen and oxygen atoms in total. The van der Waals surface area contributed by atoms with Crippen LogP contribution in [0.5, 0.6) is 0 Å². The molecule has 0 spiro atoms. The van der Waals surface area contributed by atoms with E-state index in [2.05, 4.69) is 121 Å². The maximum atomic E-state index is 6.38. The molecule has 0 saturated carbocycles. The third kappa shape index (κ3) is 14.6. The molecule has 0 amide bonds. The smallest absolute Gasteiger partial charge is 0.0512 e. The highest BCUT2D eigenvalue weighted by Gasteiger charge is 2.19. The predicted molar refractivity (Wildman–Crippen MR) is 205 cm³/mol. The van der Waals surface area contributed by atoms with Gasteiger partial charge in [0, 0.05) is 25.5 Å². The maximum Gasteiger partial charge on any atom is 0.0512 e. The molecule has 0 aliphatic heterocycles. The molecule has 0 fully saturated rings. The molecule has 0 aliphatic carbocycles. The normalized spacial score (nSPS) is 11.9. The minimum absolute atomic E-state index is 0.725. The minimum Gasteiger partial charge on any atom is -0.381 e. The monoisotopic (exact) mass is 676 g/mol. The Hall–Kier alpha value is -1.90. The van der Waals surface area contributed by atoms with Crippen molar-refractivity contribution in [2.45, 2.75) is 32.1 Å². The van der Waals surface area contributed by atoms with Crippen LogP contribution in [0.1, 0.15) is 28.7 Å². The summed E-state index contributed by atoms with van der Waals surface area (Å²) in [5.74, 6) is 0. The van der Waals surface area contributed by atoms with E-state index in [9.17, 15) is 0 Å². The fourth-order valence-corrected chi connectivity index (χ4v) is 12.0. The van der Waals surface area contributed by atoms with Crippen molar-refractivity contribution in [3.63, 3.8) is 0 Å². The van der Waals surface area contributed by atoms with E-state index in [-0.39, 0.29) is 0 Å². The van der Waals surface area contributed by atoms with Gasteiger partial charge in [-0.15, -0.1) is 0 Å². The Bertz CT molecular complexity index is 1230. The van der Waals surface area contributed by atoms with Gasteiger partial charge in [-0.05, 0) is 91.1 Å². The van der Waals surface area contributed by atoms with Crippen LogP contribution in [0, 0.1) is 0 Å². The lowest BCUT2D eigenvalue weighted by atomic mass is 10.2. The topological polar surface area (TPSA) is 18.5 Å². The van der Waals surface area contributed by atoms with E-state index in [1.807, 2.05) is 0 Å². The predicted octanol–water partition coefficient (Wildman–Crippen LogP) is 9.34. The first-order valence-electron chi connectivity index (χ1n) is 16.5. The van der Waals surface area contributed by atoms with Gasteiger partial charge in [0.25, 0.3) is 0 Å². The van der Waals surface area contributed by atoms with Crippen molar-refractivity contribution in [1.29, 1.82) is 0 Å². The summed E-state index contributed by atoms with van der Waals surface area (Å²) in [5.41, 5.74) is 5.54. The molecule has 0 aromatic heterocycles. The third-order valence-electron chi connectivity index (χ3n) is 8.47. The lowest BCUT2D eigenvalue weighted by Crippen LogP contribution is -2.12. The molecule has 4 rings (SSSR count). The molecular weight excluding hydrogens is 627 g/mol. The van der Waals surface area contributed by atoms with Crippen LogP contribution < -0.4 is 0 Å². The van der Waals surface area contributed by atoms with E-state index in [1.54, 1.807) is 0 Å². The second-order valence-electron chi connectivity index (χ2n) is 12.0. The van der Waals surface area contributed by atoms with Crippen molar-refractivity contribution in [3.05, 3.63) is 144 Å². The van der Waals surface area contributed by atoms with E-state index >= 15 is 0 Å². The zero-order valence-electron chi connectivity index (χ0n) is 26.7. The fraction of sp³-hybridized carbons (Fsp3) is 0.385. The van der Waals surface area contributed by atoms with Gasteiger partial charge in [0.15, 0.2) is 0 Å². The Morgan fingerprint density at radius 2 is 0.622 bits per heavy atom. The minimum atomic E-state index is -1.52. The number of ether oxygens (including phenoxy) is 2. The average Bonchev–Trinajstić information content (AvgIpc) is 3.09. The summed E-state index contributed by atoms with van der Waals surface area (Å²) >= 11 is 12.8. The van der Waals surface area contributed by atoms with Gasteiger partial charge in [-0.3, -0.25) is 0 Å². The van der Waals surface area contributed by atoms with Gasteiger partial charge < -0.3 is 9.47 Å². The Labute approximate surface area is 283 Å². The van der Waals surface area contributed by atoms with Crippen molar-refractivity contribution in [3.8, 4) is 0 Å². The van der Waals surface area contributed by atoms with Crippen LogP contribution in [0.3, 0.4) is 0 Å². The molecule has 6 heteroatoms. The lowest BCUT2D eigenvalue weighted by Gasteiger charge is -2.23. The number of hydrogen-bond donors (Lipinski definition) is 0. The zero-order valence-corrected chi connectivity index (χ0v) is 30.1. The summed E-state index contributed by atoms with van der Waals surface area (Å²) in [4.78, 5) is 0. The van der Waals surface area contributed by atoms with E-state index in [0.717, 1.165) is 95.5 Å². The molecule has 4 aromatic rings. The SMILES string of the molecule is S=P(CCOCCCOCCP(=S)(CCc1ccccc1)CCc1ccccc1)(CCc1ccccc1)CCc1ccccc1. The molecule has 0 aliphatic rings. The summed E-state index contributed by atoms with van der Waals surface area (Å²) < 4.78 is 12.2. The Balaban J connectivity index is 1.16. The van der Waals surface area contributed by atoms with Crippen molar-refractivity contribution >= 4 is 35.7 Å². The molecule has 0 N–H and O–H groups in total. The lowest BCUT2D eigenvalue weighted by molar-refractivity contribution is 0.0955. The summed E-state index contributed by atoms with van der Waals surface area (Å²) in [6, 6.07) is 40.0. The molecule has 0 atom stereocenters. The second-order valence-corrected chi connectivity index (χ2v) is 23.5. The quantitative estimate of drug-likeness (QED) is 0.0610. The number of rotatable bonds is 22. The Morgan fingerprint density at radius 1 is 0.356 bits per heavy atom. The first-order chi connectivity index (χ1) is 22.0. The van der Waals surface area contributed by atoms with Crippen LogP contribution in [-0.2, 0) is 58.8 Å². The standard InChI is InChI=1S/C39H50O2P2S2/c44-42(30-22-36-14-5-1-6-15-36,31-23-37-16-7-2-8-17-37)34-28-40-26-13-27-41-29-35-43(45,32-24-38-18-9-3-10-19-38)33-25-39-20-11-4-12-21-39/h1-12,14-21H,13,22-35H2. The summed E-state index contributed by atoms with van der Waals surface area (Å²) in [6.07, 6.45) is 11.6. The van der Waals surface area contributed by atoms with E-state index < -0.39 is 12.1 Å². The van der Waals surface area contributed by atoms with Gasteiger partial charge in [-0.2, -0.15) is 0 Å². The Kier molecular flexibility index (Phi) is 16.3. The molecule has 0 unspecified atom stereocenters. The molecule has 0 bridgehead atoms. The van der Waals surface area contributed by atoms with Crippen molar-refractivity contribution < 1.29 is 9.47 Å². The molecule has 0 saturated heterocycles. The second kappa shape index (κ2) is 20.4. The highest BCUT2D eigenvalue weighted by atomic mass is 32.4. The van der Waals surface area contributed by atoms with Gasteiger partial charge in [-0.1, -0.05) is 145 Å². The summed E-state index contributed by atoms with van der Waals surface area (Å²) in [5, 5.41) is 0. The van der Waals surface area contributed by atoms with Gasteiger partial charge in [0.05, 0.1) is 13.2 Å². The maximum absolute atomic E-state index is 6.38. The number of aryl methyl sites for hydroxylation is 4. The first kappa shape index (κ1) is 35.9. The van der Waals surface area contributed by atoms with Gasteiger partial charge in [0.2, 0.25) is 0 Å². The van der Waals surface area contributed by atoms with E-state index in [0.29, 0.717) is 0 Å². The van der Waals surface area contributed by atoms with Crippen molar-refractivity contribution in [2.24, 2.45) is 0 Å². The average molecular weight is 677 g/mol. The van der Waals surface area contributed by atoms with Gasteiger partial charge in [-0.25, -0.2) is 0 Å². The van der Waals surface area contributed by atoms with Crippen molar-refractivity contribution in [2.75, 3.05) is 63.4 Å². The van der Waals surface area contributed by atoms with Crippen molar-refractivity contribution in [1.82, 2.24) is 0 Å². The highest BCUT2D eigenvalue weighted by Crippen LogP contribution is 2.47. The van der Waals surface area contributed by atoms with Crippen LogP contribution in [0.2, 0.25) is 0 Å². The molecule has 0 heterocycles. The zero-order chi connectivity index (χ0) is 31.5. The van der Waals surface area contributed by atoms with Crippen LogP contribution in [0.4, 0.5) is 0 Å². The molecule has 240 valence electrons. The number of hydrogen-bond acceptors (Lipinski definition) is 4. The highest BCUT2D eigenvalue weighted by molar-refractivity contribution is 8.15. The summed E-state index contributed by atoms with van der Waals surface area (Å²) in [6.45, 7) is 2.95. The fourth-order valence-electron chi connectivity index (χ4n) is 5.51. The third-order valence-corrected chi connectivity index (χ3v) is 17.9. The van der Waals surface area contributed by atoms with Crippen LogP contribution in [0.15, 0.2) is 121 Å². The molecule has 45 heavy (non-hydrogen) atoms. The van der Waals surface area contributed by atoms with Crippen LogP contribution >= 0.6 is 12.1 Å². The first-order valence-corrected chi connectivity index (χ1v) is 23.2. The number of benzene rings is 4. The van der Waals surface area contributed by atoms with E-state index in [4.69, 9.17) is 33.1 Å². The van der Waals surface area contributed by atoms with E-state index in [1.165, 1.54) is 22.3 Å². The van der Waals surface area contributed by atoms with Gasteiger partial charge in [0.1, 0.15) is 0 Å². The van der Waals surface area contributed by atoms with Crippen LogP contribution in [-0.4, -0.2) is 63.4 Å².